The first-order chi connectivity index (χ1) is 11.1. The van der Waals surface area contributed by atoms with Gasteiger partial charge in [0.25, 0.3) is 5.79 Å². The zero-order valence-corrected chi connectivity index (χ0v) is 15.1. The molecule has 0 aliphatic carbocycles. The predicted molar refractivity (Wildman–Crippen MR) is 83.4 cm³/mol. The average Bonchev–Trinajstić information content (AvgIpc) is 2.43. The molecule has 25 heavy (non-hydrogen) atoms. The van der Waals surface area contributed by atoms with Crippen LogP contribution in [0.3, 0.4) is 0 Å². The number of carbonyl (C=O) groups excluding carboxylic acids is 4. The van der Waals surface area contributed by atoms with Crippen LogP contribution in [0.2, 0.25) is 0 Å². The first-order valence-corrected chi connectivity index (χ1v) is 7.14. The van der Waals surface area contributed by atoms with Gasteiger partial charge in [0.05, 0.1) is 12.6 Å². The predicted octanol–water partition coefficient (Wildman–Crippen LogP) is -0.548. The molecule has 0 radical (unpaired) electrons. The SMILES string of the molecule is CC(=O)OC[C@]1(OC(C)=O)OC[C@@H](N)[C@@H](OC(C)=O)[C@H]1OC(C)=O.Cl. The van der Waals surface area contributed by atoms with Crippen LogP contribution in [-0.4, -0.2) is 61.1 Å². The van der Waals surface area contributed by atoms with E-state index >= 15 is 0 Å². The van der Waals surface area contributed by atoms with Gasteiger partial charge >= 0.3 is 23.9 Å². The molecule has 4 atom stereocenters. The Balaban J connectivity index is 0.00000576. The third-order valence-corrected chi connectivity index (χ3v) is 3.06. The number of carbonyl (C=O) groups is 4. The van der Waals surface area contributed by atoms with Gasteiger partial charge in [-0.25, -0.2) is 0 Å². The third kappa shape index (κ3) is 6.48. The molecule has 1 saturated heterocycles. The molecule has 0 aromatic heterocycles. The maximum Gasteiger partial charge on any atom is 0.305 e. The molecule has 1 aliphatic heterocycles. The highest BCUT2D eigenvalue weighted by Gasteiger charge is 2.57. The number of hydrogen-bond acceptors (Lipinski definition) is 10. The lowest BCUT2D eigenvalue weighted by Gasteiger charge is -2.46. The van der Waals surface area contributed by atoms with Gasteiger partial charge in [0.1, 0.15) is 0 Å². The molecule has 0 saturated carbocycles. The topological polar surface area (TPSA) is 140 Å². The summed E-state index contributed by atoms with van der Waals surface area (Å²) in [6.07, 6.45) is -2.57. The van der Waals surface area contributed by atoms with Crippen molar-refractivity contribution in [3.05, 3.63) is 0 Å². The second kappa shape index (κ2) is 9.54. The number of ether oxygens (including phenoxy) is 5. The quantitative estimate of drug-likeness (QED) is 0.485. The van der Waals surface area contributed by atoms with Crippen molar-refractivity contribution < 1.29 is 42.9 Å². The Hall–Kier alpha value is -1.91. The fourth-order valence-corrected chi connectivity index (χ4v) is 2.25. The molecule has 1 aliphatic rings. The molecule has 1 rings (SSSR count). The van der Waals surface area contributed by atoms with Crippen LogP contribution in [0.15, 0.2) is 0 Å². The Bertz CT molecular complexity index is 526. The van der Waals surface area contributed by atoms with E-state index in [-0.39, 0.29) is 19.0 Å². The van der Waals surface area contributed by atoms with Gasteiger partial charge in [-0.3, -0.25) is 19.2 Å². The molecular formula is C14H22ClNO9. The van der Waals surface area contributed by atoms with Crippen molar-refractivity contribution in [3.63, 3.8) is 0 Å². The van der Waals surface area contributed by atoms with Crippen molar-refractivity contribution >= 4 is 36.3 Å². The average molecular weight is 384 g/mol. The van der Waals surface area contributed by atoms with E-state index in [1.807, 2.05) is 0 Å². The van der Waals surface area contributed by atoms with Crippen molar-refractivity contribution in [2.75, 3.05) is 13.2 Å². The van der Waals surface area contributed by atoms with Crippen molar-refractivity contribution in [3.8, 4) is 0 Å². The molecule has 0 aromatic rings. The molecule has 10 nitrogen and oxygen atoms in total. The normalized spacial score (nSPS) is 28.1. The highest BCUT2D eigenvalue weighted by molar-refractivity contribution is 5.85. The summed E-state index contributed by atoms with van der Waals surface area (Å²) in [5.41, 5.74) is 5.86. The maximum atomic E-state index is 11.5. The van der Waals surface area contributed by atoms with Crippen LogP contribution in [0.4, 0.5) is 0 Å². The van der Waals surface area contributed by atoms with E-state index in [9.17, 15) is 19.2 Å². The van der Waals surface area contributed by atoms with Crippen LogP contribution in [0, 0.1) is 0 Å². The second-order valence-electron chi connectivity index (χ2n) is 5.26. The molecule has 1 heterocycles. The molecular weight excluding hydrogens is 362 g/mol. The monoisotopic (exact) mass is 383 g/mol. The molecule has 11 heteroatoms. The third-order valence-electron chi connectivity index (χ3n) is 3.06. The van der Waals surface area contributed by atoms with E-state index in [2.05, 4.69) is 0 Å². The maximum absolute atomic E-state index is 11.5. The molecule has 0 bridgehead atoms. The first kappa shape index (κ1) is 23.1. The summed E-state index contributed by atoms with van der Waals surface area (Å²) in [5.74, 6) is -4.87. The summed E-state index contributed by atoms with van der Waals surface area (Å²) in [4.78, 5) is 45.4. The summed E-state index contributed by atoms with van der Waals surface area (Å²) in [5, 5.41) is 0. The lowest BCUT2D eigenvalue weighted by Crippen LogP contribution is -2.68. The van der Waals surface area contributed by atoms with E-state index in [1.54, 1.807) is 0 Å². The largest absolute Gasteiger partial charge is 0.459 e. The minimum atomic E-state index is -1.97. The summed E-state index contributed by atoms with van der Waals surface area (Å²) in [7, 11) is 0. The van der Waals surface area contributed by atoms with Crippen LogP contribution in [-0.2, 0) is 42.9 Å². The van der Waals surface area contributed by atoms with Crippen molar-refractivity contribution in [2.45, 2.75) is 51.7 Å². The van der Waals surface area contributed by atoms with Crippen LogP contribution in [0.25, 0.3) is 0 Å². The van der Waals surface area contributed by atoms with Gasteiger partial charge in [-0.15, -0.1) is 12.4 Å². The zero-order chi connectivity index (χ0) is 18.5. The van der Waals surface area contributed by atoms with E-state index in [1.165, 1.54) is 0 Å². The summed E-state index contributed by atoms with van der Waals surface area (Å²) in [6, 6.07) is -0.848. The van der Waals surface area contributed by atoms with E-state index in [0.29, 0.717) is 0 Å². The smallest absolute Gasteiger partial charge is 0.305 e. The van der Waals surface area contributed by atoms with Gasteiger partial charge in [0, 0.05) is 27.7 Å². The van der Waals surface area contributed by atoms with Crippen LogP contribution >= 0.6 is 12.4 Å². The zero-order valence-electron chi connectivity index (χ0n) is 14.3. The molecule has 144 valence electrons. The Morgan fingerprint density at radius 2 is 1.56 bits per heavy atom. The number of nitrogens with two attached hydrogens (primary N) is 1. The van der Waals surface area contributed by atoms with Gasteiger partial charge in [-0.2, -0.15) is 0 Å². The van der Waals surface area contributed by atoms with Gasteiger partial charge in [0.2, 0.25) is 6.10 Å². The van der Waals surface area contributed by atoms with E-state index in [0.717, 1.165) is 27.7 Å². The van der Waals surface area contributed by atoms with Crippen molar-refractivity contribution in [2.24, 2.45) is 5.73 Å². The summed E-state index contributed by atoms with van der Waals surface area (Å²) >= 11 is 0. The molecule has 0 spiro atoms. The van der Waals surface area contributed by atoms with E-state index in [4.69, 9.17) is 29.4 Å². The highest BCUT2D eigenvalue weighted by Crippen LogP contribution is 2.32. The summed E-state index contributed by atoms with van der Waals surface area (Å²) in [6.45, 7) is 3.73. The molecule has 0 amide bonds. The minimum Gasteiger partial charge on any atom is -0.459 e. The number of halogens is 1. The van der Waals surface area contributed by atoms with Crippen LogP contribution in [0.5, 0.6) is 0 Å². The molecule has 0 unspecified atom stereocenters. The van der Waals surface area contributed by atoms with Gasteiger partial charge in [0.15, 0.2) is 12.7 Å². The lowest BCUT2D eigenvalue weighted by molar-refractivity contribution is -0.324. The second-order valence-corrected chi connectivity index (χ2v) is 5.26. The van der Waals surface area contributed by atoms with Crippen molar-refractivity contribution in [1.29, 1.82) is 0 Å². The first-order valence-electron chi connectivity index (χ1n) is 7.14. The Labute approximate surface area is 150 Å². The number of esters is 4. The Morgan fingerprint density at radius 1 is 1.00 bits per heavy atom. The summed E-state index contributed by atoms with van der Waals surface area (Å²) < 4.78 is 25.7. The number of hydrogen-bond donors (Lipinski definition) is 1. The molecule has 2 N–H and O–H groups in total. The van der Waals surface area contributed by atoms with Gasteiger partial charge < -0.3 is 29.4 Å². The van der Waals surface area contributed by atoms with Crippen LogP contribution in [0.1, 0.15) is 27.7 Å². The van der Waals surface area contributed by atoms with Crippen LogP contribution < -0.4 is 5.73 Å². The Kier molecular flexibility index (Phi) is 8.81. The number of rotatable bonds is 5. The highest BCUT2D eigenvalue weighted by atomic mass is 35.5. The fraction of sp³-hybridized carbons (Fsp3) is 0.714. The van der Waals surface area contributed by atoms with Gasteiger partial charge in [-0.05, 0) is 0 Å². The van der Waals surface area contributed by atoms with E-state index < -0.39 is 54.5 Å². The molecule has 1 fully saturated rings. The standard InChI is InChI=1S/C14H21NO9.ClH/c1-7(16)20-6-14(24-10(4)19)13(23-9(3)18)12(22-8(2)17)11(15)5-21-14;/h11-13H,5-6,15H2,1-4H3;1H/t11-,12-,13-,14-;/m1./s1. The lowest BCUT2D eigenvalue weighted by atomic mass is 9.95. The van der Waals surface area contributed by atoms with Crippen molar-refractivity contribution in [1.82, 2.24) is 0 Å². The minimum absolute atomic E-state index is 0. The molecule has 0 aromatic carbocycles. The Morgan fingerprint density at radius 3 is 2.00 bits per heavy atom. The van der Waals surface area contributed by atoms with Gasteiger partial charge in [-0.1, -0.05) is 0 Å². The fourth-order valence-electron chi connectivity index (χ4n) is 2.25.